The Morgan fingerprint density at radius 2 is 1.24 bits per heavy atom. The Balaban J connectivity index is 0.000000296. The van der Waals surface area contributed by atoms with E-state index in [1.807, 2.05) is 49.4 Å². The van der Waals surface area contributed by atoms with Crippen LogP contribution in [-0.4, -0.2) is 24.2 Å². The number of unbranched alkanes of at least 4 members (excludes halogenated alkanes) is 7. The van der Waals surface area contributed by atoms with Crippen molar-refractivity contribution in [2.24, 2.45) is 0 Å². The van der Waals surface area contributed by atoms with Crippen molar-refractivity contribution in [2.75, 3.05) is 6.61 Å². The van der Waals surface area contributed by atoms with Gasteiger partial charge in [0, 0.05) is 0 Å². The van der Waals surface area contributed by atoms with E-state index in [4.69, 9.17) is 9.47 Å². The Morgan fingerprint density at radius 1 is 0.707 bits per heavy atom. The van der Waals surface area contributed by atoms with E-state index in [9.17, 15) is 19.1 Å². The number of aromatic carboxylic acids is 1. The monoisotopic (exact) mass is 563 g/mol. The van der Waals surface area contributed by atoms with E-state index in [-0.39, 0.29) is 12.0 Å². The van der Waals surface area contributed by atoms with E-state index in [1.165, 1.54) is 51.2 Å². The normalized spacial score (nSPS) is 12.0. The summed E-state index contributed by atoms with van der Waals surface area (Å²) in [5.74, 6) is -0.888. The smallest absolute Gasteiger partial charge is 0.348 e. The fraction of sp³-hybridized carbons (Fsp3) is 0.429. The molecule has 5 nitrogen and oxygen atoms in total. The molecule has 0 aliphatic carbocycles. The van der Waals surface area contributed by atoms with E-state index in [1.54, 1.807) is 24.3 Å². The Labute approximate surface area is 244 Å². The van der Waals surface area contributed by atoms with Crippen molar-refractivity contribution in [1.82, 2.24) is 0 Å². The lowest BCUT2D eigenvalue weighted by Crippen LogP contribution is -2.34. The molecule has 0 bridgehead atoms. The number of carbonyl (C=O) groups excluding carboxylic acids is 2. The Bertz CT molecular complexity index is 1140. The zero-order valence-electron chi connectivity index (χ0n) is 24.7. The predicted octanol–water partition coefficient (Wildman–Crippen LogP) is 8.36. The summed E-state index contributed by atoms with van der Waals surface area (Å²) >= 11 is 0. The highest BCUT2D eigenvalue weighted by Crippen LogP contribution is 2.25. The molecule has 0 fully saturated rings. The molecule has 0 amide bonds. The van der Waals surface area contributed by atoms with Gasteiger partial charge in [0.1, 0.15) is 11.5 Å². The third kappa shape index (κ3) is 13.0. The molecule has 0 radical (unpaired) electrons. The average Bonchev–Trinajstić information content (AvgIpc) is 2.98. The molecule has 0 aliphatic heterocycles. The zero-order valence-corrected chi connectivity index (χ0v) is 24.7. The van der Waals surface area contributed by atoms with Gasteiger partial charge in [-0.3, -0.25) is 0 Å². The second kappa shape index (κ2) is 18.6. The summed E-state index contributed by atoms with van der Waals surface area (Å²) in [5.41, 5.74) is 0.353. The minimum absolute atomic E-state index is 0.182. The number of alkyl halides is 1. The number of hydrogen-bond acceptors (Lipinski definition) is 5. The van der Waals surface area contributed by atoms with Crippen molar-refractivity contribution in [3.63, 3.8) is 0 Å². The van der Waals surface area contributed by atoms with Gasteiger partial charge < -0.3 is 19.4 Å². The van der Waals surface area contributed by atoms with E-state index in [0.29, 0.717) is 24.5 Å². The highest BCUT2D eigenvalue weighted by Gasteiger charge is 2.34. The number of carbonyl (C=O) groups is 2. The van der Waals surface area contributed by atoms with Gasteiger partial charge in [-0.1, -0.05) is 101 Å². The fourth-order valence-corrected chi connectivity index (χ4v) is 4.13. The molecule has 41 heavy (non-hydrogen) atoms. The third-order valence-corrected chi connectivity index (χ3v) is 6.70. The summed E-state index contributed by atoms with van der Waals surface area (Å²) in [5, 5.41) is 10.5. The van der Waals surface area contributed by atoms with Crippen molar-refractivity contribution in [1.29, 1.82) is 0 Å². The first-order chi connectivity index (χ1) is 19.8. The number of halogens is 1. The third-order valence-electron chi connectivity index (χ3n) is 6.70. The van der Waals surface area contributed by atoms with Gasteiger partial charge in [0.15, 0.2) is 0 Å². The largest absolute Gasteiger partial charge is 0.545 e. The molecule has 0 aromatic heterocycles. The fourth-order valence-electron chi connectivity index (χ4n) is 4.13. The second-order valence-electron chi connectivity index (χ2n) is 10.4. The molecule has 6 heteroatoms. The van der Waals surface area contributed by atoms with Crippen molar-refractivity contribution in [3.05, 3.63) is 84.4 Å². The van der Waals surface area contributed by atoms with Crippen LogP contribution in [0.15, 0.2) is 78.9 Å². The number of ether oxygens (including phenoxy) is 2. The maximum absolute atomic E-state index is 14.4. The summed E-state index contributed by atoms with van der Waals surface area (Å²) in [7, 11) is 0. The van der Waals surface area contributed by atoms with Gasteiger partial charge >= 0.3 is 5.97 Å². The van der Waals surface area contributed by atoms with Crippen LogP contribution in [0.4, 0.5) is 4.39 Å². The number of carboxylic acid groups (broad SMARTS) is 1. The number of rotatable bonds is 16. The van der Waals surface area contributed by atoms with Crippen LogP contribution in [0.2, 0.25) is 0 Å². The van der Waals surface area contributed by atoms with Crippen LogP contribution in [0.3, 0.4) is 0 Å². The first-order valence-corrected chi connectivity index (χ1v) is 14.8. The van der Waals surface area contributed by atoms with Crippen LogP contribution in [0.1, 0.15) is 95.3 Å². The molecule has 3 aromatic carbocycles. The summed E-state index contributed by atoms with van der Waals surface area (Å²) in [6.07, 6.45) is 10.2. The Kier molecular flexibility index (Phi) is 15.2. The number of esters is 1. The van der Waals surface area contributed by atoms with Crippen LogP contribution in [0, 0.1) is 0 Å². The molecule has 0 saturated carbocycles. The molecular formula is C35H44FO5-. The van der Waals surface area contributed by atoms with Crippen molar-refractivity contribution in [3.8, 4) is 22.6 Å². The van der Waals surface area contributed by atoms with Gasteiger partial charge in [-0.2, -0.15) is 0 Å². The lowest BCUT2D eigenvalue weighted by atomic mass is 10.0. The molecule has 1 unspecified atom stereocenters. The summed E-state index contributed by atoms with van der Waals surface area (Å²) in [6.45, 7) is 6.24. The van der Waals surface area contributed by atoms with Gasteiger partial charge in [0.2, 0.25) is 5.67 Å². The number of benzene rings is 3. The topological polar surface area (TPSA) is 75.7 Å². The Hall–Kier alpha value is -3.67. The molecule has 3 aromatic rings. The summed E-state index contributed by atoms with van der Waals surface area (Å²) < 4.78 is 25.1. The van der Waals surface area contributed by atoms with E-state index in [2.05, 4.69) is 6.92 Å². The number of carboxylic acids is 1. The van der Waals surface area contributed by atoms with Gasteiger partial charge in [0.05, 0.1) is 12.6 Å². The molecule has 0 spiro atoms. The van der Waals surface area contributed by atoms with Crippen LogP contribution < -0.4 is 14.6 Å². The SMILES string of the molecule is CCCCCC(C)(F)C(=O)Oc1ccc(-c2ccccc2)cc1.CCCCCCCCOc1ccc(C(=O)[O-])cc1. The lowest BCUT2D eigenvalue weighted by Gasteiger charge is -2.18. The molecule has 1 atom stereocenters. The standard InChI is InChI=1S/C20H23FO2.C15H22O3/c1-3-4-8-15-20(2,21)19(22)23-18-13-11-17(12-14-18)16-9-6-5-7-10-16;1-2-3-4-5-6-7-12-18-14-10-8-13(9-11-14)15(16)17/h5-7,9-14H,3-4,8,15H2,1-2H3;8-11H,2-7,12H2,1H3,(H,16,17)/p-1. The van der Waals surface area contributed by atoms with Crippen LogP contribution >= 0.6 is 0 Å². The Morgan fingerprint density at radius 3 is 1.85 bits per heavy atom. The van der Waals surface area contributed by atoms with Crippen molar-refractivity contribution < 1.29 is 28.6 Å². The van der Waals surface area contributed by atoms with Gasteiger partial charge in [-0.15, -0.1) is 0 Å². The van der Waals surface area contributed by atoms with Gasteiger partial charge in [0.25, 0.3) is 0 Å². The quantitative estimate of drug-likeness (QED) is 0.0994. The van der Waals surface area contributed by atoms with Gasteiger partial charge in [-0.05, 0) is 79.3 Å². The lowest BCUT2D eigenvalue weighted by molar-refractivity contribution is -0.255. The second-order valence-corrected chi connectivity index (χ2v) is 10.4. The summed E-state index contributed by atoms with van der Waals surface area (Å²) in [4.78, 5) is 22.5. The number of hydrogen-bond donors (Lipinski definition) is 0. The average molecular weight is 564 g/mol. The first kappa shape index (κ1) is 33.5. The minimum atomic E-state index is -1.94. The molecular weight excluding hydrogens is 519 g/mol. The highest BCUT2D eigenvalue weighted by molar-refractivity contribution is 5.85. The first-order valence-electron chi connectivity index (χ1n) is 14.8. The van der Waals surface area contributed by atoms with E-state index >= 15 is 0 Å². The van der Waals surface area contributed by atoms with Crippen LogP contribution in [0.25, 0.3) is 11.1 Å². The zero-order chi connectivity index (χ0) is 29.9. The predicted molar refractivity (Wildman–Crippen MR) is 161 cm³/mol. The maximum Gasteiger partial charge on any atom is 0.348 e. The van der Waals surface area contributed by atoms with Crippen molar-refractivity contribution in [2.45, 2.75) is 90.6 Å². The summed E-state index contributed by atoms with van der Waals surface area (Å²) in [6, 6.07) is 23.4. The van der Waals surface area contributed by atoms with Crippen LogP contribution in [-0.2, 0) is 4.79 Å². The maximum atomic E-state index is 14.4. The van der Waals surface area contributed by atoms with E-state index < -0.39 is 17.6 Å². The molecule has 3 rings (SSSR count). The van der Waals surface area contributed by atoms with Crippen LogP contribution in [0.5, 0.6) is 11.5 Å². The molecule has 222 valence electrons. The molecule has 0 aliphatic rings. The highest BCUT2D eigenvalue weighted by atomic mass is 19.1. The van der Waals surface area contributed by atoms with Gasteiger partial charge in [-0.25, -0.2) is 9.18 Å². The molecule has 0 heterocycles. The van der Waals surface area contributed by atoms with Crippen molar-refractivity contribution >= 4 is 11.9 Å². The molecule has 0 N–H and O–H groups in total. The van der Waals surface area contributed by atoms with E-state index in [0.717, 1.165) is 30.4 Å². The minimum Gasteiger partial charge on any atom is -0.545 e. The molecule has 0 saturated heterocycles.